The van der Waals surface area contributed by atoms with Crippen LogP contribution in [0.1, 0.15) is 24.1 Å². The standard InChI is InChI=1S/C21H25F2N3O/c1-16(19-8-7-18(22)13-20(19)23)24-21(27)15-26-11-9-25(10-12-26)14-17-5-3-2-4-6-17/h2-8,13,16H,9-12,14-15H2,1H3,(H,24,27)/p+2/t16-/m1/s1. The Hall–Kier alpha value is -2.31. The zero-order valence-electron chi connectivity index (χ0n) is 15.6. The third-order valence-electron chi connectivity index (χ3n) is 5.18. The lowest BCUT2D eigenvalue weighted by Gasteiger charge is -2.29. The van der Waals surface area contributed by atoms with Gasteiger partial charge in [0.1, 0.15) is 44.4 Å². The molecule has 4 nitrogen and oxygen atoms in total. The van der Waals surface area contributed by atoms with Gasteiger partial charge in [0.2, 0.25) is 0 Å². The van der Waals surface area contributed by atoms with Crippen LogP contribution in [0.15, 0.2) is 48.5 Å². The number of nitrogens with one attached hydrogen (secondary N) is 3. The molecule has 0 aromatic heterocycles. The number of piperazine rings is 1. The lowest BCUT2D eigenvalue weighted by molar-refractivity contribution is -1.02. The van der Waals surface area contributed by atoms with Gasteiger partial charge in [-0.1, -0.05) is 36.4 Å². The molecule has 3 N–H and O–H groups in total. The third-order valence-corrected chi connectivity index (χ3v) is 5.18. The van der Waals surface area contributed by atoms with Crippen LogP contribution in [0.5, 0.6) is 0 Å². The summed E-state index contributed by atoms with van der Waals surface area (Å²) in [5.74, 6) is -1.35. The molecule has 2 aromatic carbocycles. The first-order valence-corrected chi connectivity index (χ1v) is 9.46. The largest absolute Gasteiger partial charge is 0.345 e. The van der Waals surface area contributed by atoms with Crippen molar-refractivity contribution in [1.82, 2.24) is 5.32 Å². The maximum Gasteiger partial charge on any atom is 0.275 e. The number of quaternary nitrogens is 2. The second kappa shape index (κ2) is 9.06. The van der Waals surface area contributed by atoms with Gasteiger partial charge in [-0.3, -0.25) is 4.79 Å². The lowest BCUT2D eigenvalue weighted by atomic mass is 10.1. The van der Waals surface area contributed by atoms with E-state index in [0.29, 0.717) is 12.1 Å². The van der Waals surface area contributed by atoms with Gasteiger partial charge in [-0.2, -0.15) is 0 Å². The van der Waals surface area contributed by atoms with Crippen molar-refractivity contribution in [3.8, 4) is 0 Å². The molecular weight excluding hydrogens is 348 g/mol. The fraction of sp³-hybridized carbons (Fsp3) is 0.381. The van der Waals surface area contributed by atoms with Crippen molar-refractivity contribution >= 4 is 5.91 Å². The first-order chi connectivity index (χ1) is 13.0. The van der Waals surface area contributed by atoms with Crippen molar-refractivity contribution in [3.63, 3.8) is 0 Å². The molecule has 1 heterocycles. The van der Waals surface area contributed by atoms with Crippen LogP contribution in [-0.4, -0.2) is 38.6 Å². The van der Waals surface area contributed by atoms with Crippen LogP contribution < -0.4 is 15.1 Å². The summed E-state index contributed by atoms with van der Waals surface area (Å²) in [7, 11) is 0. The Morgan fingerprint density at radius 3 is 2.37 bits per heavy atom. The van der Waals surface area contributed by atoms with Gasteiger partial charge in [0.25, 0.3) is 5.91 Å². The second-order valence-corrected chi connectivity index (χ2v) is 7.29. The molecular formula is C21H27F2N3O+2. The normalized spacial score (nSPS) is 20.9. The number of hydrogen-bond donors (Lipinski definition) is 3. The Balaban J connectivity index is 1.44. The minimum absolute atomic E-state index is 0.104. The number of benzene rings is 2. The molecule has 1 aliphatic rings. The van der Waals surface area contributed by atoms with Crippen LogP contribution in [0.25, 0.3) is 0 Å². The van der Waals surface area contributed by atoms with E-state index in [1.807, 2.05) is 6.07 Å². The molecule has 0 bridgehead atoms. The van der Waals surface area contributed by atoms with Gasteiger partial charge in [-0.25, -0.2) is 8.78 Å². The highest BCUT2D eigenvalue weighted by atomic mass is 19.1. The molecule has 1 saturated heterocycles. The molecule has 144 valence electrons. The minimum Gasteiger partial charge on any atom is -0.345 e. The van der Waals surface area contributed by atoms with Crippen LogP contribution in [-0.2, 0) is 11.3 Å². The van der Waals surface area contributed by atoms with Gasteiger partial charge in [-0.15, -0.1) is 0 Å². The molecule has 1 fully saturated rings. The molecule has 0 aliphatic carbocycles. The number of carbonyl (C=O) groups is 1. The Bertz CT molecular complexity index is 761. The summed E-state index contributed by atoms with van der Waals surface area (Å²) < 4.78 is 26.9. The fourth-order valence-corrected chi connectivity index (χ4v) is 3.65. The van der Waals surface area contributed by atoms with Gasteiger partial charge >= 0.3 is 0 Å². The monoisotopic (exact) mass is 375 g/mol. The van der Waals surface area contributed by atoms with E-state index in [4.69, 9.17) is 0 Å². The van der Waals surface area contributed by atoms with Gasteiger partial charge in [0.15, 0.2) is 6.54 Å². The summed E-state index contributed by atoms with van der Waals surface area (Å²) in [6.07, 6.45) is 0. The van der Waals surface area contributed by atoms with Crippen LogP contribution in [0.3, 0.4) is 0 Å². The molecule has 1 aliphatic heterocycles. The SMILES string of the molecule is C[C@@H](NC(=O)C[NH+]1CC[NH+](Cc2ccccc2)CC1)c1ccc(F)cc1F. The zero-order chi connectivity index (χ0) is 19.2. The van der Waals surface area contributed by atoms with Gasteiger partial charge < -0.3 is 15.1 Å². The quantitative estimate of drug-likeness (QED) is 0.660. The van der Waals surface area contributed by atoms with Crippen molar-refractivity contribution < 1.29 is 23.4 Å². The number of amides is 1. The number of rotatable bonds is 6. The molecule has 0 unspecified atom stereocenters. The van der Waals surface area contributed by atoms with E-state index < -0.39 is 17.7 Å². The summed E-state index contributed by atoms with van der Waals surface area (Å²) in [5, 5.41) is 2.83. The van der Waals surface area contributed by atoms with E-state index in [-0.39, 0.29) is 5.91 Å². The van der Waals surface area contributed by atoms with Gasteiger partial charge in [0.05, 0.1) is 6.04 Å². The predicted molar refractivity (Wildman–Crippen MR) is 99.3 cm³/mol. The van der Waals surface area contributed by atoms with Crippen LogP contribution >= 0.6 is 0 Å². The Labute approximate surface area is 158 Å². The predicted octanol–water partition coefficient (Wildman–Crippen LogP) is 0.126. The van der Waals surface area contributed by atoms with E-state index in [1.54, 1.807) is 6.92 Å². The van der Waals surface area contributed by atoms with E-state index in [1.165, 1.54) is 27.5 Å². The van der Waals surface area contributed by atoms with Crippen molar-refractivity contribution in [2.24, 2.45) is 0 Å². The van der Waals surface area contributed by atoms with E-state index in [0.717, 1.165) is 38.8 Å². The van der Waals surface area contributed by atoms with E-state index in [9.17, 15) is 13.6 Å². The number of carbonyl (C=O) groups excluding carboxylic acids is 1. The zero-order valence-corrected chi connectivity index (χ0v) is 15.6. The maximum absolute atomic E-state index is 13.8. The molecule has 0 spiro atoms. The molecule has 1 amide bonds. The Morgan fingerprint density at radius 1 is 1.04 bits per heavy atom. The van der Waals surface area contributed by atoms with E-state index >= 15 is 0 Å². The van der Waals surface area contributed by atoms with Crippen molar-refractivity contribution in [1.29, 1.82) is 0 Å². The second-order valence-electron chi connectivity index (χ2n) is 7.29. The third kappa shape index (κ3) is 5.58. The summed E-state index contributed by atoms with van der Waals surface area (Å²) in [4.78, 5) is 15.1. The topological polar surface area (TPSA) is 38.0 Å². The highest BCUT2D eigenvalue weighted by Crippen LogP contribution is 2.17. The average molecular weight is 375 g/mol. The van der Waals surface area contributed by atoms with Crippen molar-refractivity contribution in [3.05, 3.63) is 71.3 Å². The minimum atomic E-state index is -0.631. The van der Waals surface area contributed by atoms with Crippen LogP contribution in [0.4, 0.5) is 8.78 Å². The first kappa shape index (κ1) is 19.5. The molecule has 2 aromatic rings. The lowest BCUT2D eigenvalue weighted by Crippen LogP contribution is -3.28. The van der Waals surface area contributed by atoms with Gasteiger partial charge in [-0.05, 0) is 13.0 Å². The molecule has 27 heavy (non-hydrogen) atoms. The Morgan fingerprint density at radius 2 is 1.70 bits per heavy atom. The first-order valence-electron chi connectivity index (χ1n) is 9.46. The van der Waals surface area contributed by atoms with E-state index in [2.05, 4.69) is 29.6 Å². The van der Waals surface area contributed by atoms with Gasteiger partial charge in [0, 0.05) is 17.2 Å². The molecule has 6 heteroatoms. The smallest absolute Gasteiger partial charge is 0.275 e. The van der Waals surface area contributed by atoms with Crippen LogP contribution in [0, 0.1) is 11.6 Å². The summed E-state index contributed by atoms with van der Waals surface area (Å²) in [6, 6.07) is 13.4. The molecule has 0 saturated carbocycles. The highest BCUT2D eigenvalue weighted by molar-refractivity contribution is 5.77. The van der Waals surface area contributed by atoms with Crippen molar-refractivity contribution in [2.75, 3.05) is 32.7 Å². The number of halogens is 2. The fourth-order valence-electron chi connectivity index (χ4n) is 3.65. The van der Waals surface area contributed by atoms with Crippen LogP contribution in [0.2, 0.25) is 0 Å². The molecule has 3 rings (SSSR count). The summed E-state index contributed by atoms with van der Waals surface area (Å²) in [5.41, 5.74) is 1.64. The van der Waals surface area contributed by atoms with Crippen molar-refractivity contribution in [2.45, 2.75) is 19.5 Å². The summed E-state index contributed by atoms with van der Waals surface area (Å²) >= 11 is 0. The number of hydrogen-bond acceptors (Lipinski definition) is 1. The average Bonchev–Trinajstić information content (AvgIpc) is 2.64. The Kier molecular flexibility index (Phi) is 6.53. The molecule has 0 radical (unpaired) electrons. The maximum atomic E-state index is 13.8. The summed E-state index contributed by atoms with van der Waals surface area (Å²) in [6.45, 7) is 7.04. The molecule has 1 atom stereocenters. The highest BCUT2D eigenvalue weighted by Gasteiger charge is 2.25.